The highest BCUT2D eigenvalue weighted by molar-refractivity contribution is 5.49. The maximum Gasteiger partial charge on any atom is 0.574 e. The largest absolute Gasteiger partial charge is 0.574 e. The molecule has 0 atom stereocenters. The molecule has 0 aliphatic rings. The molecule has 9 heteroatoms. The molecule has 4 nitrogen and oxygen atoms in total. The van der Waals surface area contributed by atoms with E-state index in [4.69, 9.17) is 11.0 Å². The van der Waals surface area contributed by atoms with Gasteiger partial charge in [0.05, 0.1) is 18.1 Å². The Bertz CT molecular complexity index is 480. The number of hydrogen-bond acceptors (Lipinski definition) is 4. The molecule has 1 rings (SSSR count). The van der Waals surface area contributed by atoms with Crippen LogP contribution in [0, 0.1) is 11.3 Å². The summed E-state index contributed by atoms with van der Waals surface area (Å²) in [5, 5.41) is 8.42. The smallest absolute Gasteiger partial charge is 0.388 e. The van der Waals surface area contributed by atoms with Gasteiger partial charge in [-0.2, -0.15) is 10.2 Å². The van der Waals surface area contributed by atoms with Crippen molar-refractivity contribution in [3.05, 3.63) is 17.2 Å². The van der Waals surface area contributed by atoms with Gasteiger partial charge in [-0.1, -0.05) is 0 Å². The Morgan fingerprint density at radius 3 is 2.50 bits per heavy atom. The number of alkyl halides is 5. The summed E-state index contributed by atoms with van der Waals surface area (Å²) in [5.41, 5.74) is 4.02. The first-order valence-corrected chi connectivity index (χ1v) is 4.44. The van der Waals surface area contributed by atoms with Crippen molar-refractivity contribution >= 4 is 5.82 Å². The lowest BCUT2D eigenvalue weighted by Crippen LogP contribution is -2.19. The fourth-order valence-electron chi connectivity index (χ4n) is 1.26. The number of rotatable bonds is 3. The lowest BCUT2D eigenvalue weighted by atomic mass is 10.1. The molecular weight excluding hydrogens is 261 g/mol. The third-order valence-electron chi connectivity index (χ3n) is 1.86. The van der Waals surface area contributed by atoms with Crippen LogP contribution in [0.15, 0.2) is 6.07 Å². The predicted octanol–water partition coefficient (Wildman–Crippen LogP) is 2.57. The Labute approximate surface area is 97.8 Å². The summed E-state index contributed by atoms with van der Waals surface area (Å²) in [6.07, 6.45) is -8.59. The van der Waals surface area contributed by atoms with Crippen molar-refractivity contribution in [2.45, 2.75) is 19.2 Å². The zero-order chi connectivity index (χ0) is 13.9. The van der Waals surface area contributed by atoms with E-state index < -0.39 is 36.5 Å². The average molecular weight is 267 g/mol. The van der Waals surface area contributed by atoms with Gasteiger partial charge in [-0.3, -0.25) is 0 Å². The van der Waals surface area contributed by atoms with Crippen molar-refractivity contribution in [2.24, 2.45) is 0 Å². The molecule has 1 aromatic heterocycles. The highest BCUT2D eigenvalue weighted by atomic mass is 19.4. The monoisotopic (exact) mass is 267 g/mol. The number of nitrogens with zero attached hydrogens (tertiary/aromatic N) is 2. The van der Waals surface area contributed by atoms with Crippen molar-refractivity contribution in [2.75, 3.05) is 5.73 Å². The molecule has 0 saturated heterocycles. The lowest BCUT2D eigenvalue weighted by Gasteiger charge is -2.13. The van der Waals surface area contributed by atoms with Crippen molar-refractivity contribution in [3.63, 3.8) is 0 Å². The van der Waals surface area contributed by atoms with E-state index in [0.717, 1.165) is 0 Å². The van der Waals surface area contributed by atoms with E-state index in [2.05, 4.69) is 9.72 Å². The molecule has 0 radical (unpaired) electrons. The number of nitrogens with two attached hydrogens (primary N) is 1. The lowest BCUT2D eigenvalue weighted by molar-refractivity contribution is -0.276. The standard InChI is InChI=1S/C9H6F5N3O/c10-7(11)6-4(1-2-15)3-5(17-8(6)16)18-9(12,13)14/h3,7H,1H2,(H2,16,17). The quantitative estimate of drug-likeness (QED) is 0.854. The molecule has 0 aromatic carbocycles. The van der Waals surface area contributed by atoms with Gasteiger partial charge in [0.1, 0.15) is 5.82 Å². The van der Waals surface area contributed by atoms with E-state index in [1.165, 1.54) is 0 Å². The van der Waals surface area contributed by atoms with E-state index in [0.29, 0.717) is 6.07 Å². The summed E-state index contributed by atoms with van der Waals surface area (Å²) >= 11 is 0. The van der Waals surface area contributed by atoms with Crippen LogP contribution in [0.4, 0.5) is 27.8 Å². The minimum atomic E-state index is -5.02. The topological polar surface area (TPSA) is 71.9 Å². The second-order valence-corrected chi connectivity index (χ2v) is 3.10. The molecule has 1 heterocycles. The maximum atomic E-state index is 12.6. The molecule has 0 aliphatic carbocycles. The van der Waals surface area contributed by atoms with Crippen LogP contribution in [0.5, 0.6) is 5.88 Å². The van der Waals surface area contributed by atoms with Crippen LogP contribution in [0.3, 0.4) is 0 Å². The van der Waals surface area contributed by atoms with E-state index in [1.54, 1.807) is 6.07 Å². The molecule has 0 bridgehead atoms. The number of aromatic nitrogens is 1. The fraction of sp³-hybridized carbons (Fsp3) is 0.333. The summed E-state index contributed by atoms with van der Waals surface area (Å²) in [5.74, 6) is -1.77. The van der Waals surface area contributed by atoms with Crippen LogP contribution in [0.25, 0.3) is 0 Å². The zero-order valence-electron chi connectivity index (χ0n) is 8.63. The highest BCUT2D eigenvalue weighted by Gasteiger charge is 2.32. The minimum Gasteiger partial charge on any atom is -0.388 e. The molecule has 18 heavy (non-hydrogen) atoms. The second-order valence-electron chi connectivity index (χ2n) is 3.10. The Balaban J connectivity index is 3.24. The van der Waals surface area contributed by atoms with Gasteiger partial charge in [-0.05, 0) is 5.56 Å². The fourth-order valence-corrected chi connectivity index (χ4v) is 1.26. The number of ether oxygens (including phenoxy) is 1. The van der Waals surface area contributed by atoms with E-state index >= 15 is 0 Å². The summed E-state index contributed by atoms with van der Waals surface area (Å²) in [7, 11) is 0. The van der Waals surface area contributed by atoms with Gasteiger partial charge < -0.3 is 10.5 Å². The Kier molecular flexibility index (Phi) is 3.90. The molecule has 0 spiro atoms. The summed E-state index contributed by atoms with van der Waals surface area (Å²) < 4.78 is 64.4. The highest BCUT2D eigenvalue weighted by Crippen LogP contribution is 2.32. The number of nitrogen functional groups attached to an aromatic ring is 1. The Morgan fingerprint density at radius 2 is 2.06 bits per heavy atom. The minimum absolute atomic E-state index is 0.348. The molecule has 0 aliphatic heterocycles. The third kappa shape index (κ3) is 3.44. The van der Waals surface area contributed by atoms with Crippen LogP contribution in [-0.2, 0) is 6.42 Å². The number of nitriles is 1. The summed E-state index contributed by atoms with van der Waals surface area (Å²) in [6, 6.07) is 2.16. The van der Waals surface area contributed by atoms with Gasteiger partial charge in [0, 0.05) is 6.07 Å². The number of pyridine rings is 1. The van der Waals surface area contributed by atoms with Crippen LogP contribution in [0.1, 0.15) is 17.6 Å². The average Bonchev–Trinajstić information content (AvgIpc) is 2.13. The van der Waals surface area contributed by atoms with Crippen LogP contribution >= 0.6 is 0 Å². The van der Waals surface area contributed by atoms with Crippen molar-refractivity contribution < 1.29 is 26.7 Å². The second kappa shape index (κ2) is 5.03. The molecule has 0 unspecified atom stereocenters. The summed E-state index contributed by atoms with van der Waals surface area (Å²) in [4.78, 5) is 3.07. The van der Waals surface area contributed by atoms with Crippen molar-refractivity contribution in [1.29, 1.82) is 5.26 Å². The van der Waals surface area contributed by atoms with Crippen molar-refractivity contribution in [3.8, 4) is 11.9 Å². The van der Waals surface area contributed by atoms with Gasteiger partial charge in [-0.15, -0.1) is 13.2 Å². The van der Waals surface area contributed by atoms with E-state index in [-0.39, 0.29) is 5.56 Å². The normalized spacial score (nSPS) is 11.4. The third-order valence-corrected chi connectivity index (χ3v) is 1.86. The Hall–Kier alpha value is -2.11. The van der Waals surface area contributed by atoms with Gasteiger partial charge in [0.15, 0.2) is 0 Å². The zero-order valence-corrected chi connectivity index (χ0v) is 8.63. The van der Waals surface area contributed by atoms with Crippen LogP contribution < -0.4 is 10.5 Å². The summed E-state index contributed by atoms with van der Waals surface area (Å²) in [6.45, 7) is 0. The first-order chi connectivity index (χ1) is 8.24. The van der Waals surface area contributed by atoms with Crippen LogP contribution in [-0.4, -0.2) is 11.3 Å². The van der Waals surface area contributed by atoms with E-state index in [9.17, 15) is 22.0 Å². The molecule has 0 saturated carbocycles. The number of anilines is 1. The van der Waals surface area contributed by atoms with Gasteiger partial charge in [0.2, 0.25) is 5.88 Å². The molecule has 98 valence electrons. The predicted molar refractivity (Wildman–Crippen MR) is 49.6 cm³/mol. The molecular formula is C9H6F5N3O. The maximum absolute atomic E-state index is 12.6. The SMILES string of the molecule is N#CCc1cc(OC(F)(F)F)nc(N)c1C(F)F. The first kappa shape index (κ1) is 14.0. The first-order valence-electron chi connectivity index (χ1n) is 4.44. The molecule has 1 aromatic rings. The Morgan fingerprint density at radius 1 is 1.44 bits per heavy atom. The number of hydrogen-bond donors (Lipinski definition) is 1. The van der Waals surface area contributed by atoms with Crippen molar-refractivity contribution in [1.82, 2.24) is 4.98 Å². The van der Waals surface area contributed by atoms with Gasteiger partial charge in [-0.25, -0.2) is 8.78 Å². The van der Waals surface area contributed by atoms with Gasteiger partial charge in [0.25, 0.3) is 6.43 Å². The molecule has 0 amide bonds. The van der Waals surface area contributed by atoms with E-state index in [1.807, 2.05) is 0 Å². The molecule has 2 N–H and O–H groups in total. The van der Waals surface area contributed by atoms with Crippen LogP contribution in [0.2, 0.25) is 0 Å². The molecule has 0 fully saturated rings. The van der Waals surface area contributed by atoms with Gasteiger partial charge >= 0.3 is 6.36 Å². The number of halogens is 5.